The number of halogens is 4. The van der Waals surface area contributed by atoms with Crippen molar-refractivity contribution < 1.29 is 18.0 Å². The molecule has 0 aliphatic carbocycles. The van der Waals surface area contributed by atoms with E-state index in [0.29, 0.717) is 24.5 Å². The normalized spacial score (nSPS) is 14.9. The Hall–Kier alpha value is -2.48. The van der Waals surface area contributed by atoms with Crippen LogP contribution in [0.4, 0.5) is 23.7 Å². The molecule has 1 N–H and O–H groups in total. The van der Waals surface area contributed by atoms with E-state index in [4.69, 9.17) is 11.6 Å². The van der Waals surface area contributed by atoms with E-state index in [9.17, 15) is 18.0 Å². The van der Waals surface area contributed by atoms with Crippen LogP contribution in [0.25, 0.3) is 5.57 Å². The van der Waals surface area contributed by atoms with E-state index >= 15 is 0 Å². The third-order valence-corrected chi connectivity index (χ3v) is 4.15. The summed E-state index contributed by atoms with van der Waals surface area (Å²) in [6.07, 6.45) is 0.605. The molecule has 0 spiro atoms. The van der Waals surface area contributed by atoms with Gasteiger partial charge in [0.25, 0.3) is 0 Å². The second-order valence-electron chi connectivity index (χ2n) is 5.91. The molecule has 5 nitrogen and oxygen atoms in total. The van der Waals surface area contributed by atoms with Crippen LogP contribution in [0.5, 0.6) is 0 Å². The lowest BCUT2D eigenvalue weighted by atomic mass is 10.00. The van der Waals surface area contributed by atoms with Gasteiger partial charge >= 0.3 is 12.2 Å². The minimum absolute atomic E-state index is 0.226. The van der Waals surface area contributed by atoms with Gasteiger partial charge in [-0.3, -0.25) is 4.68 Å². The van der Waals surface area contributed by atoms with Crippen molar-refractivity contribution >= 4 is 28.9 Å². The molecule has 1 aromatic heterocycles. The van der Waals surface area contributed by atoms with Crippen LogP contribution in [0.15, 0.2) is 42.7 Å². The number of hydrogen-bond donors (Lipinski definition) is 1. The molecule has 138 valence electrons. The molecule has 0 bridgehead atoms. The van der Waals surface area contributed by atoms with Gasteiger partial charge in [0.15, 0.2) is 0 Å². The smallest absolute Gasteiger partial charge is 0.320 e. The first kappa shape index (κ1) is 18.3. The summed E-state index contributed by atoms with van der Waals surface area (Å²) >= 11 is 6.00. The van der Waals surface area contributed by atoms with Gasteiger partial charge in [0.2, 0.25) is 0 Å². The van der Waals surface area contributed by atoms with Crippen LogP contribution < -0.4 is 5.32 Å². The first-order valence-electron chi connectivity index (χ1n) is 7.90. The molecule has 0 radical (unpaired) electrons. The molecule has 0 saturated carbocycles. The molecule has 26 heavy (non-hydrogen) atoms. The second kappa shape index (κ2) is 7.41. The Morgan fingerprint density at radius 3 is 2.81 bits per heavy atom. The minimum atomic E-state index is -4.36. The third-order valence-electron chi connectivity index (χ3n) is 3.92. The van der Waals surface area contributed by atoms with Crippen molar-refractivity contribution in [3.8, 4) is 0 Å². The Labute approximate surface area is 153 Å². The molecular formula is C17H16ClF3N4O. The monoisotopic (exact) mass is 384 g/mol. The number of urea groups is 1. The number of alkyl halides is 3. The number of hydrogen-bond acceptors (Lipinski definition) is 2. The van der Waals surface area contributed by atoms with Gasteiger partial charge in [0, 0.05) is 24.3 Å². The lowest BCUT2D eigenvalue weighted by Gasteiger charge is -2.26. The zero-order chi connectivity index (χ0) is 18.7. The summed E-state index contributed by atoms with van der Waals surface area (Å²) in [5.41, 5.74) is 2.35. The summed E-state index contributed by atoms with van der Waals surface area (Å²) in [7, 11) is 0. The van der Waals surface area contributed by atoms with Crippen molar-refractivity contribution in [3.05, 3.63) is 53.3 Å². The summed E-state index contributed by atoms with van der Waals surface area (Å²) in [6.45, 7) is -0.288. The number of nitrogens with zero attached hydrogens (tertiary/aromatic N) is 3. The topological polar surface area (TPSA) is 50.2 Å². The van der Waals surface area contributed by atoms with Crippen molar-refractivity contribution in [1.29, 1.82) is 0 Å². The zero-order valence-corrected chi connectivity index (χ0v) is 14.4. The van der Waals surface area contributed by atoms with Crippen LogP contribution in [-0.4, -0.2) is 40.0 Å². The Kier molecular flexibility index (Phi) is 5.22. The number of aromatic nitrogens is 2. The summed E-state index contributed by atoms with van der Waals surface area (Å²) in [5.74, 6) is 0. The lowest BCUT2D eigenvalue weighted by molar-refractivity contribution is -0.142. The molecule has 0 atom stereocenters. The number of amides is 2. The Morgan fingerprint density at radius 1 is 1.35 bits per heavy atom. The largest absolute Gasteiger partial charge is 0.408 e. The second-order valence-corrected chi connectivity index (χ2v) is 6.34. The van der Waals surface area contributed by atoms with Gasteiger partial charge in [-0.15, -0.1) is 0 Å². The van der Waals surface area contributed by atoms with Gasteiger partial charge in [-0.2, -0.15) is 18.3 Å². The lowest BCUT2D eigenvalue weighted by Crippen LogP contribution is -2.37. The summed E-state index contributed by atoms with van der Waals surface area (Å²) < 4.78 is 37.7. The van der Waals surface area contributed by atoms with Crippen molar-refractivity contribution in [2.75, 3.05) is 18.4 Å². The number of nitrogens with one attached hydrogen (secondary N) is 1. The van der Waals surface area contributed by atoms with Gasteiger partial charge in [-0.1, -0.05) is 29.8 Å². The molecule has 2 amide bonds. The Bertz CT molecular complexity index is 831. The summed E-state index contributed by atoms with van der Waals surface area (Å²) in [6, 6.07) is 7.13. The molecule has 1 aliphatic heterocycles. The summed E-state index contributed by atoms with van der Waals surface area (Å²) in [4.78, 5) is 13.8. The zero-order valence-electron chi connectivity index (χ0n) is 13.6. The molecule has 1 aromatic carbocycles. The molecule has 0 fully saturated rings. The number of carbonyl (C=O) groups is 1. The van der Waals surface area contributed by atoms with Crippen LogP contribution in [0, 0.1) is 0 Å². The van der Waals surface area contributed by atoms with E-state index in [1.165, 1.54) is 6.20 Å². The highest BCUT2D eigenvalue weighted by atomic mass is 35.5. The van der Waals surface area contributed by atoms with E-state index in [2.05, 4.69) is 10.4 Å². The quantitative estimate of drug-likeness (QED) is 0.851. The summed E-state index contributed by atoms with van der Waals surface area (Å²) in [5, 5.41) is 6.82. The van der Waals surface area contributed by atoms with Gasteiger partial charge < -0.3 is 10.2 Å². The average Bonchev–Trinajstić information content (AvgIpc) is 3.00. The number of carbonyl (C=O) groups excluding carboxylic acids is 1. The molecule has 3 rings (SSSR count). The molecular weight excluding hydrogens is 369 g/mol. The highest BCUT2D eigenvalue weighted by Gasteiger charge is 2.28. The van der Waals surface area contributed by atoms with Crippen molar-refractivity contribution in [2.24, 2.45) is 0 Å². The predicted molar refractivity (Wildman–Crippen MR) is 92.9 cm³/mol. The van der Waals surface area contributed by atoms with Crippen LogP contribution >= 0.6 is 11.6 Å². The van der Waals surface area contributed by atoms with Crippen molar-refractivity contribution in [1.82, 2.24) is 14.7 Å². The van der Waals surface area contributed by atoms with E-state index in [0.717, 1.165) is 22.0 Å². The van der Waals surface area contributed by atoms with E-state index in [1.54, 1.807) is 11.0 Å². The van der Waals surface area contributed by atoms with Gasteiger partial charge in [-0.05, 0) is 29.7 Å². The fraction of sp³-hybridized carbons (Fsp3) is 0.294. The first-order chi connectivity index (χ1) is 12.3. The molecule has 0 saturated heterocycles. The highest BCUT2D eigenvalue weighted by molar-refractivity contribution is 6.30. The predicted octanol–water partition coefficient (Wildman–Crippen LogP) is 4.42. The SMILES string of the molecule is O=C(Nc1cnn(CC(F)(F)F)c1)N1CC=C(c2cccc(Cl)c2)CC1. The maximum Gasteiger partial charge on any atom is 0.408 e. The molecule has 2 aromatic rings. The van der Waals surface area contributed by atoms with Crippen LogP contribution in [0.1, 0.15) is 12.0 Å². The van der Waals surface area contributed by atoms with Crippen LogP contribution in [0.2, 0.25) is 5.02 Å². The van der Waals surface area contributed by atoms with E-state index in [-0.39, 0.29) is 11.7 Å². The van der Waals surface area contributed by atoms with E-state index < -0.39 is 12.7 Å². The standard InChI is InChI=1S/C17H16ClF3N4O/c18-14-3-1-2-13(8-14)12-4-6-24(7-5-12)16(26)23-15-9-22-25(10-15)11-17(19,20)21/h1-4,8-10H,5-7,11H2,(H,23,26). The fourth-order valence-electron chi connectivity index (χ4n) is 2.70. The van der Waals surface area contributed by atoms with Crippen LogP contribution in [-0.2, 0) is 6.54 Å². The third kappa shape index (κ3) is 4.78. The maximum absolute atomic E-state index is 12.3. The first-order valence-corrected chi connectivity index (χ1v) is 8.28. The number of benzene rings is 1. The van der Waals surface area contributed by atoms with Crippen LogP contribution in [0.3, 0.4) is 0 Å². The van der Waals surface area contributed by atoms with Crippen molar-refractivity contribution in [3.63, 3.8) is 0 Å². The average molecular weight is 385 g/mol. The molecule has 0 unspecified atom stereocenters. The molecule has 1 aliphatic rings. The van der Waals surface area contributed by atoms with Gasteiger partial charge in [-0.25, -0.2) is 4.79 Å². The molecule has 2 heterocycles. The Morgan fingerprint density at radius 2 is 2.15 bits per heavy atom. The fourth-order valence-corrected chi connectivity index (χ4v) is 2.90. The number of rotatable bonds is 3. The number of anilines is 1. The van der Waals surface area contributed by atoms with Gasteiger partial charge in [0.05, 0.1) is 11.9 Å². The van der Waals surface area contributed by atoms with Gasteiger partial charge in [0.1, 0.15) is 6.54 Å². The Balaban J connectivity index is 1.58. The maximum atomic E-state index is 12.3. The van der Waals surface area contributed by atoms with Crippen molar-refractivity contribution in [2.45, 2.75) is 19.1 Å². The minimum Gasteiger partial charge on any atom is -0.320 e. The van der Waals surface area contributed by atoms with E-state index in [1.807, 2.05) is 24.3 Å². The molecule has 9 heteroatoms. The highest BCUT2D eigenvalue weighted by Crippen LogP contribution is 2.25.